The third kappa shape index (κ3) is 2.88. The van der Waals surface area contributed by atoms with Crippen LogP contribution in [0.3, 0.4) is 0 Å². The number of benzene rings is 2. The number of nitrogens with zero attached hydrogens (tertiary/aromatic N) is 1. The minimum Gasteiger partial charge on any atom is -0.618 e. The number of hydrogen-bond donors (Lipinski definition) is 0. The van der Waals surface area contributed by atoms with Gasteiger partial charge in [0.25, 0.3) is 0 Å². The fourth-order valence-electron chi connectivity index (χ4n) is 2.30. The molecule has 3 heteroatoms. The second-order valence-corrected chi connectivity index (χ2v) is 5.22. The number of carbonyl (C=O) groups is 1. The van der Waals surface area contributed by atoms with Gasteiger partial charge >= 0.3 is 0 Å². The molecule has 3 nitrogen and oxygen atoms in total. The average Bonchev–Trinajstić information content (AvgIpc) is 2.53. The maximum Gasteiger partial charge on any atom is 0.223 e. The molecule has 0 aliphatic rings. The summed E-state index contributed by atoms with van der Waals surface area (Å²) in [5.74, 6) is -0.0351. The van der Waals surface area contributed by atoms with Crippen LogP contribution in [0.25, 0.3) is 17.0 Å². The largest absolute Gasteiger partial charge is 0.618 e. The smallest absolute Gasteiger partial charge is 0.223 e. The molecule has 0 atom stereocenters. The highest BCUT2D eigenvalue weighted by molar-refractivity contribution is 6.06. The summed E-state index contributed by atoms with van der Waals surface area (Å²) in [7, 11) is 0. The van der Waals surface area contributed by atoms with Crippen LogP contribution < -0.4 is 4.73 Å². The molecule has 3 rings (SSSR count). The van der Waals surface area contributed by atoms with E-state index in [2.05, 4.69) is 0 Å². The standard InChI is InChI=1S/C19H15NO2/c1-14-4-8-16(9-5-14)19(21)11-7-15-6-10-18-17(13-15)3-2-12-20(18)22/h2-13H,1H3/b11-7+. The molecular weight excluding hydrogens is 274 g/mol. The van der Waals surface area contributed by atoms with Gasteiger partial charge in [0.2, 0.25) is 5.52 Å². The van der Waals surface area contributed by atoms with E-state index in [4.69, 9.17) is 0 Å². The summed E-state index contributed by atoms with van der Waals surface area (Å²) < 4.78 is 0.834. The third-order valence-corrected chi connectivity index (χ3v) is 3.55. The molecule has 0 aliphatic carbocycles. The molecule has 0 aliphatic heterocycles. The summed E-state index contributed by atoms with van der Waals surface area (Å²) in [5, 5.41) is 12.5. The highest BCUT2D eigenvalue weighted by atomic mass is 16.5. The molecule has 0 bridgehead atoms. The van der Waals surface area contributed by atoms with Crippen LogP contribution in [-0.2, 0) is 0 Å². The van der Waals surface area contributed by atoms with Crippen LogP contribution in [0, 0.1) is 12.1 Å². The monoisotopic (exact) mass is 289 g/mol. The molecule has 1 aromatic heterocycles. The Hall–Kier alpha value is -2.94. The summed E-state index contributed by atoms with van der Waals surface area (Å²) in [4.78, 5) is 12.1. The molecule has 0 unspecified atom stereocenters. The van der Waals surface area contributed by atoms with Crippen LogP contribution >= 0.6 is 0 Å². The minimum absolute atomic E-state index is 0.0351. The van der Waals surface area contributed by atoms with Gasteiger partial charge in [-0.1, -0.05) is 35.9 Å². The van der Waals surface area contributed by atoms with E-state index >= 15 is 0 Å². The van der Waals surface area contributed by atoms with Gasteiger partial charge in [0.05, 0.1) is 0 Å². The van der Waals surface area contributed by atoms with Crippen LogP contribution in [0.1, 0.15) is 21.5 Å². The lowest BCUT2D eigenvalue weighted by atomic mass is 10.1. The second-order valence-electron chi connectivity index (χ2n) is 5.22. The summed E-state index contributed by atoms with van der Waals surface area (Å²) in [5.41, 5.74) is 3.30. The molecule has 0 radical (unpaired) electrons. The zero-order valence-electron chi connectivity index (χ0n) is 12.2. The average molecular weight is 289 g/mol. The molecule has 0 spiro atoms. The fourth-order valence-corrected chi connectivity index (χ4v) is 2.30. The Morgan fingerprint density at radius 2 is 1.86 bits per heavy atom. The number of hydrogen-bond acceptors (Lipinski definition) is 2. The van der Waals surface area contributed by atoms with E-state index < -0.39 is 0 Å². The van der Waals surface area contributed by atoms with Crippen molar-refractivity contribution in [1.29, 1.82) is 0 Å². The minimum atomic E-state index is -0.0351. The molecule has 2 aromatic carbocycles. The second kappa shape index (κ2) is 5.82. The molecule has 0 N–H and O–H groups in total. The van der Waals surface area contributed by atoms with Crippen molar-refractivity contribution in [1.82, 2.24) is 0 Å². The summed E-state index contributed by atoms with van der Waals surface area (Å²) in [6, 6.07) is 16.6. The van der Waals surface area contributed by atoms with E-state index in [1.165, 1.54) is 6.20 Å². The number of pyridine rings is 1. The van der Waals surface area contributed by atoms with Crippen LogP contribution in [0.15, 0.2) is 66.9 Å². The van der Waals surface area contributed by atoms with Gasteiger partial charge in [-0.05, 0) is 36.8 Å². The van der Waals surface area contributed by atoms with Crippen molar-refractivity contribution in [2.24, 2.45) is 0 Å². The van der Waals surface area contributed by atoms with E-state index in [0.717, 1.165) is 21.2 Å². The highest BCUT2D eigenvalue weighted by Crippen LogP contribution is 2.14. The zero-order valence-corrected chi connectivity index (χ0v) is 12.2. The van der Waals surface area contributed by atoms with Crippen LogP contribution in [0.2, 0.25) is 0 Å². The summed E-state index contributed by atoms with van der Waals surface area (Å²) in [6.45, 7) is 1.99. The molecule has 22 heavy (non-hydrogen) atoms. The molecule has 1 heterocycles. The van der Waals surface area contributed by atoms with Gasteiger partial charge in [-0.25, -0.2) is 0 Å². The summed E-state index contributed by atoms with van der Waals surface area (Å²) >= 11 is 0. The number of aromatic nitrogens is 1. The zero-order chi connectivity index (χ0) is 15.5. The number of aryl methyl sites for hydroxylation is 1. The first kappa shape index (κ1) is 14.0. The lowest BCUT2D eigenvalue weighted by Crippen LogP contribution is -2.25. The van der Waals surface area contributed by atoms with Gasteiger partial charge in [0.1, 0.15) is 0 Å². The first-order chi connectivity index (χ1) is 10.6. The third-order valence-electron chi connectivity index (χ3n) is 3.55. The van der Waals surface area contributed by atoms with Crippen molar-refractivity contribution < 1.29 is 9.52 Å². The van der Waals surface area contributed by atoms with Crippen molar-refractivity contribution in [3.63, 3.8) is 0 Å². The van der Waals surface area contributed by atoms with Gasteiger partial charge < -0.3 is 5.21 Å². The highest BCUT2D eigenvalue weighted by Gasteiger charge is 2.03. The molecular formula is C19H15NO2. The van der Waals surface area contributed by atoms with E-state index in [0.29, 0.717) is 11.1 Å². The molecule has 108 valence electrons. The van der Waals surface area contributed by atoms with Crippen molar-refractivity contribution in [2.75, 3.05) is 0 Å². The van der Waals surface area contributed by atoms with Crippen molar-refractivity contribution >= 4 is 22.8 Å². The first-order valence-electron chi connectivity index (χ1n) is 7.04. The fraction of sp³-hybridized carbons (Fsp3) is 0.0526. The number of rotatable bonds is 3. The van der Waals surface area contributed by atoms with Crippen molar-refractivity contribution in [3.8, 4) is 0 Å². The Morgan fingerprint density at radius 3 is 2.64 bits per heavy atom. The predicted molar refractivity (Wildman–Crippen MR) is 87.5 cm³/mol. The number of carbonyl (C=O) groups excluding carboxylic acids is 1. The predicted octanol–water partition coefficient (Wildman–Crippen LogP) is 3.68. The van der Waals surface area contributed by atoms with E-state index in [1.807, 2.05) is 49.4 Å². The molecule has 3 aromatic rings. The lowest BCUT2D eigenvalue weighted by Gasteiger charge is -2.01. The quantitative estimate of drug-likeness (QED) is 0.319. The Kier molecular flexibility index (Phi) is 3.71. The molecule has 0 saturated carbocycles. The number of allylic oxidation sites excluding steroid dienone is 1. The maximum absolute atomic E-state index is 12.1. The SMILES string of the molecule is Cc1ccc(C(=O)/C=C/c2ccc3c(ccc[n+]3[O-])c2)cc1. The van der Waals surface area contributed by atoms with Gasteiger partial charge in [-0.15, -0.1) is 0 Å². The van der Waals surface area contributed by atoms with Gasteiger partial charge in [0.15, 0.2) is 12.0 Å². The molecule has 0 saturated heterocycles. The Bertz CT molecular complexity index is 864. The topological polar surface area (TPSA) is 44.0 Å². The number of fused-ring (bicyclic) bond motifs is 1. The van der Waals surface area contributed by atoms with Gasteiger partial charge in [0, 0.05) is 23.1 Å². The van der Waals surface area contributed by atoms with E-state index in [1.54, 1.807) is 24.3 Å². The van der Waals surface area contributed by atoms with Crippen LogP contribution in [-0.4, -0.2) is 5.78 Å². The Balaban J connectivity index is 1.86. The van der Waals surface area contributed by atoms with E-state index in [9.17, 15) is 10.0 Å². The van der Waals surface area contributed by atoms with Crippen LogP contribution in [0.4, 0.5) is 0 Å². The van der Waals surface area contributed by atoms with Crippen molar-refractivity contribution in [2.45, 2.75) is 6.92 Å². The lowest BCUT2D eigenvalue weighted by molar-refractivity contribution is -0.577. The van der Waals surface area contributed by atoms with E-state index in [-0.39, 0.29) is 5.78 Å². The first-order valence-corrected chi connectivity index (χ1v) is 7.04. The normalized spacial score (nSPS) is 11.1. The number of ketones is 1. The summed E-state index contributed by atoms with van der Waals surface area (Å²) in [6.07, 6.45) is 4.79. The Labute approximate surface area is 128 Å². The Morgan fingerprint density at radius 1 is 1.09 bits per heavy atom. The molecule has 0 amide bonds. The van der Waals surface area contributed by atoms with Crippen LogP contribution in [0.5, 0.6) is 0 Å². The van der Waals surface area contributed by atoms with Gasteiger partial charge in [-0.2, -0.15) is 4.73 Å². The molecule has 0 fully saturated rings. The maximum atomic E-state index is 12.1. The van der Waals surface area contributed by atoms with Gasteiger partial charge in [-0.3, -0.25) is 4.79 Å². The van der Waals surface area contributed by atoms with Crippen molar-refractivity contribution in [3.05, 3.63) is 88.8 Å².